The van der Waals surface area contributed by atoms with Gasteiger partial charge in [0.25, 0.3) is 5.79 Å². The summed E-state index contributed by atoms with van der Waals surface area (Å²) in [6, 6.07) is 12.3. The van der Waals surface area contributed by atoms with Gasteiger partial charge in [0.2, 0.25) is 0 Å². The van der Waals surface area contributed by atoms with Gasteiger partial charge in [0.1, 0.15) is 5.82 Å². The van der Waals surface area contributed by atoms with E-state index in [0.29, 0.717) is 5.56 Å². The van der Waals surface area contributed by atoms with E-state index in [0.717, 1.165) is 12.3 Å². The van der Waals surface area contributed by atoms with Crippen LogP contribution in [0.5, 0.6) is 0 Å². The molecule has 6 nitrogen and oxygen atoms in total. The molecule has 0 atom stereocenters. The Kier molecular flexibility index (Phi) is 4.77. The summed E-state index contributed by atoms with van der Waals surface area (Å²) in [5, 5.41) is 2.53. The van der Waals surface area contributed by atoms with E-state index in [4.69, 9.17) is 9.47 Å². The molecule has 1 aliphatic rings. The number of benzene rings is 2. The van der Waals surface area contributed by atoms with Gasteiger partial charge in [0.05, 0.1) is 5.69 Å². The van der Waals surface area contributed by atoms with Crippen molar-refractivity contribution in [2.24, 2.45) is 0 Å². The Morgan fingerprint density at radius 1 is 1.00 bits per heavy atom. The molecule has 0 bridgehead atoms. The highest BCUT2D eigenvalue weighted by molar-refractivity contribution is 6.16. The van der Waals surface area contributed by atoms with Crippen molar-refractivity contribution in [3.63, 3.8) is 0 Å². The first kappa shape index (κ1) is 18.3. The number of rotatable bonds is 4. The number of carbonyl (C=O) groups excluding carboxylic acids is 3. The molecule has 1 heterocycles. The van der Waals surface area contributed by atoms with Crippen molar-refractivity contribution in [1.29, 1.82) is 0 Å². The Balaban J connectivity index is 1.93. The number of hydrogen-bond donors (Lipinski definition) is 1. The molecule has 7 heteroatoms. The van der Waals surface area contributed by atoms with Gasteiger partial charge in [-0.05, 0) is 12.1 Å². The Morgan fingerprint density at radius 2 is 1.63 bits per heavy atom. The third-order valence-corrected chi connectivity index (χ3v) is 3.77. The van der Waals surface area contributed by atoms with Crippen molar-refractivity contribution in [1.82, 2.24) is 0 Å². The number of hydrogen-bond acceptors (Lipinski definition) is 6. The number of ketones is 1. The predicted octanol–water partition coefficient (Wildman–Crippen LogP) is 3.19. The van der Waals surface area contributed by atoms with Crippen molar-refractivity contribution in [2.75, 3.05) is 5.32 Å². The van der Waals surface area contributed by atoms with Crippen LogP contribution >= 0.6 is 0 Å². The fourth-order valence-electron chi connectivity index (χ4n) is 2.53. The average Bonchev–Trinajstić information content (AvgIpc) is 2.61. The summed E-state index contributed by atoms with van der Waals surface area (Å²) in [6.45, 7) is 2.83. The minimum Gasteiger partial charge on any atom is -0.419 e. The van der Waals surface area contributed by atoms with Crippen LogP contribution in [0.25, 0.3) is 0 Å². The number of esters is 2. The summed E-state index contributed by atoms with van der Waals surface area (Å²) in [5.74, 6) is -4.32. The maximum absolute atomic E-state index is 14.3. The van der Waals surface area contributed by atoms with E-state index in [1.807, 2.05) is 0 Å². The molecule has 27 heavy (non-hydrogen) atoms. The number of ether oxygens (including phenoxy) is 2. The van der Waals surface area contributed by atoms with Crippen molar-refractivity contribution in [3.05, 3.63) is 77.2 Å². The SMILES string of the molecule is CC1(C)OC(=O)C(=CNc2c(F)cccc2C(=O)c2ccccc2)C(=O)O1. The topological polar surface area (TPSA) is 81.7 Å². The van der Waals surface area contributed by atoms with Crippen LogP contribution in [0.1, 0.15) is 29.8 Å². The highest BCUT2D eigenvalue weighted by atomic mass is 19.1. The fourth-order valence-corrected chi connectivity index (χ4v) is 2.53. The second-order valence-electron chi connectivity index (χ2n) is 6.24. The molecule has 1 aliphatic heterocycles. The van der Waals surface area contributed by atoms with Gasteiger partial charge >= 0.3 is 11.9 Å². The molecule has 2 aromatic rings. The molecule has 0 radical (unpaired) electrons. The van der Waals surface area contributed by atoms with Crippen molar-refractivity contribution in [2.45, 2.75) is 19.6 Å². The second-order valence-corrected chi connectivity index (χ2v) is 6.24. The van der Waals surface area contributed by atoms with Gasteiger partial charge in [-0.1, -0.05) is 36.4 Å². The Hall–Kier alpha value is -3.48. The first-order valence-corrected chi connectivity index (χ1v) is 8.10. The number of anilines is 1. The van der Waals surface area contributed by atoms with E-state index in [2.05, 4.69) is 5.32 Å². The van der Waals surface area contributed by atoms with Gasteiger partial charge in [-0.2, -0.15) is 0 Å². The molecule has 1 fully saturated rings. The number of para-hydroxylation sites is 1. The van der Waals surface area contributed by atoms with Gasteiger partial charge in [-0.25, -0.2) is 14.0 Å². The number of halogens is 1. The largest absolute Gasteiger partial charge is 0.419 e. The fraction of sp³-hybridized carbons (Fsp3) is 0.150. The Labute approximate surface area is 154 Å². The van der Waals surface area contributed by atoms with Gasteiger partial charge < -0.3 is 14.8 Å². The quantitative estimate of drug-likeness (QED) is 0.386. The maximum Gasteiger partial charge on any atom is 0.350 e. The third-order valence-electron chi connectivity index (χ3n) is 3.77. The Bertz CT molecular complexity index is 928. The maximum atomic E-state index is 14.3. The smallest absolute Gasteiger partial charge is 0.350 e. The molecule has 1 saturated heterocycles. The molecule has 0 aromatic heterocycles. The standard InChI is InChI=1S/C20H16FNO5/c1-20(2)26-18(24)14(19(25)27-20)11-22-16-13(9-6-10-15(16)21)17(23)12-7-4-3-5-8-12/h3-11,22H,1-2H3. The lowest BCUT2D eigenvalue weighted by Gasteiger charge is -2.29. The number of nitrogens with one attached hydrogen (secondary N) is 1. The van der Waals surface area contributed by atoms with E-state index in [-0.39, 0.29) is 11.3 Å². The predicted molar refractivity (Wildman–Crippen MR) is 94.2 cm³/mol. The van der Waals surface area contributed by atoms with Gasteiger partial charge in [0, 0.05) is 31.2 Å². The molecule has 138 valence electrons. The summed E-state index contributed by atoms with van der Waals surface area (Å²) in [7, 11) is 0. The molecule has 0 aliphatic carbocycles. The van der Waals surface area contributed by atoms with Crippen LogP contribution in [0, 0.1) is 5.82 Å². The number of carbonyl (C=O) groups is 3. The zero-order valence-electron chi connectivity index (χ0n) is 14.6. The van der Waals surface area contributed by atoms with Crippen molar-refractivity contribution >= 4 is 23.4 Å². The van der Waals surface area contributed by atoms with Crippen molar-refractivity contribution < 1.29 is 28.2 Å². The molecule has 0 unspecified atom stereocenters. The second kappa shape index (κ2) is 7.03. The molecule has 0 amide bonds. The van der Waals surface area contributed by atoms with E-state index < -0.39 is 34.9 Å². The van der Waals surface area contributed by atoms with E-state index in [9.17, 15) is 18.8 Å². The van der Waals surface area contributed by atoms with E-state index in [1.165, 1.54) is 26.0 Å². The lowest BCUT2D eigenvalue weighted by atomic mass is 10.0. The van der Waals surface area contributed by atoms with Crippen LogP contribution in [0.2, 0.25) is 0 Å². The Morgan fingerprint density at radius 3 is 2.26 bits per heavy atom. The minimum atomic E-state index is -1.38. The van der Waals surface area contributed by atoms with E-state index in [1.54, 1.807) is 30.3 Å². The van der Waals surface area contributed by atoms with Crippen LogP contribution in [-0.4, -0.2) is 23.5 Å². The average molecular weight is 369 g/mol. The lowest BCUT2D eigenvalue weighted by molar-refractivity contribution is -0.222. The summed E-state index contributed by atoms with van der Waals surface area (Å²) >= 11 is 0. The molecule has 1 N–H and O–H groups in total. The molecule has 0 saturated carbocycles. The highest BCUT2D eigenvalue weighted by Crippen LogP contribution is 2.26. The number of cyclic esters (lactones) is 2. The first-order chi connectivity index (χ1) is 12.8. The van der Waals surface area contributed by atoms with Gasteiger partial charge in [-0.15, -0.1) is 0 Å². The normalized spacial score (nSPS) is 15.6. The molecule has 0 spiro atoms. The minimum absolute atomic E-state index is 0.0518. The van der Waals surface area contributed by atoms with Crippen molar-refractivity contribution in [3.8, 4) is 0 Å². The van der Waals surface area contributed by atoms with Crippen LogP contribution in [0.15, 0.2) is 60.3 Å². The van der Waals surface area contributed by atoms with Crippen LogP contribution < -0.4 is 5.32 Å². The summed E-state index contributed by atoms with van der Waals surface area (Å²) < 4.78 is 24.3. The van der Waals surface area contributed by atoms with Gasteiger partial charge in [0.15, 0.2) is 11.4 Å². The monoisotopic (exact) mass is 369 g/mol. The van der Waals surface area contributed by atoms with Crippen LogP contribution in [-0.2, 0) is 19.1 Å². The third kappa shape index (κ3) is 3.87. The molecular formula is C20H16FNO5. The van der Waals surface area contributed by atoms with Crippen LogP contribution in [0.3, 0.4) is 0 Å². The molecular weight excluding hydrogens is 353 g/mol. The first-order valence-electron chi connectivity index (χ1n) is 8.10. The highest BCUT2D eigenvalue weighted by Gasteiger charge is 2.39. The summed E-state index contributed by atoms with van der Waals surface area (Å²) in [4.78, 5) is 36.6. The lowest BCUT2D eigenvalue weighted by Crippen LogP contribution is -2.42. The summed E-state index contributed by atoms with van der Waals surface area (Å²) in [5.41, 5.74) is -0.173. The van der Waals surface area contributed by atoms with Crippen LogP contribution in [0.4, 0.5) is 10.1 Å². The zero-order valence-corrected chi connectivity index (χ0v) is 14.6. The van der Waals surface area contributed by atoms with E-state index >= 15 is 0 Å². The molecule has 3 rings (SSSR count). The van der Waals surface area contributed by atoms with Gasteiger partial charge in [-0.3, -0.25) is 4.79 Å². The summed E-state index contributed by atoms with van der Waals surface area (Å²) in [6.07, 6.45) is 0.972. The zero-order chi connectivity index (χ0) is 19.6. The molecule has 2 aromatic carbocycles.